The van der Waals surface area contributed by atoms with Crippen LogP contribution in [-0.2, 0) is 6.18 Å². The number of nitrogens with one attached hydrogen (secondary N) is 2. The molecule has 0 aliphatic heterocycles. The van der Waals surface area contributed by atoms with Crippen molar-refractivity contribution in [3.8, 4) is 0 Å². The van der Waals surface area contributed by atoms with E-state index < -0.39 is 11.7 Å². The highest BCUT2D eigenvalue weighted by molar-refractivity contribution is 5.93. The molecule has 5 nitrogen and oxygen atoms in total. The van der Waals surface area contributed by atoms with Crippen molar-refractivity contribution in [1.82, 2.24) is 15.3 Å². The second-order valence-corrected chi connectivity index (χ2v) is 5.12. The lowest BCUT2D eigenvalue weighted by Crippen LogP contribution is -2.30. The fraction of sp³-hybridized carbons (Fsp3) is 0.267. The topological polar surface area (TPSA) is 66.9 Å². The Hall–Kier alpha value is -2.64. The Morgan fingerprint density at radius 1 is 1.09 bits per heavy atom. The molecular formula is C15H15F3N4O. The highest BCUT2D eigenvalue weighted by Crippen LogP contribution is 2.30. The molecule has 0 bridgehead atoms. The minimum atomic E-state index is -4.37. The smallest absolute Gasteiger partial charge is 0.350 e. The third kappa shape index (κ3) is 4.67. The van der Waals surface area contributed by atoms with Crippen molar-refractivity contribution in [3.05, 3.63) is 47.8 Å². The summed E-state index contributed by atoms with van der Waals surface area (Å²) < 4.78 is 37.4. The van der Waals surface area contributed by atoms with Crippen LogP contribution in [0.1, 0.15) is 29.8 Å². The number of carbonyl (C=O) groups excluding carboxylic acids is 1. The molecule has 1 amide bonds. The molecule has 0 fully saturated rings. The summed E-state index contributed by atoms with van der Waals surface area (Å²) >= 11 is 0. The average molecular weight is 324 g/mol. The van der Waals surface area contributed by atoms with Crippen molar-refractivity contribution in [2.24, 2.45) is 0 Å². The van der Waals surface area contributed by atoms with Crippen molar-refractivity contribution in [3.63, 3.8) is 0 Å². The first-order chi connectivity index (χ1) is 10.8. The largest absolute Gasteiger partial charge is 0.416 e. The molecule has 122 valence electrons. The van der Waals surface area contributed by atoms with Crippen LogP contribution in [0.25, 0.3) is 0 Å². The van der Waals surface area contributed by atoms with E-state index in [0.717, 1.165) is 12.1 Å². The lowest BCUT2D eigenvalue weighted by molar-refractivity contribution is -0.137. The van der Waals surface area contributed by atoms with Crippen LogP contribution >= 0.6 is 0 Å². The van der Waals surface area contributed by atoms with Crippen LogP contribution in [0.3, 0.4) is 0 Å². The van der Waals surface area contributed by atoms with Gasteiger partial charge >= 0.3 is 6.18 Å². The first-order valence-corrected chi connectivity index (χ1v) is 6.83. The molecule has 1 aromatic carbocycles. The lowest BCUT2D eigenvalue weighted by atomic mass is 10.2. The van der Waals surface area contributed by atoms with Crippen molar-refractivity contribution < 1.29 is 18.0 Å². The van der Waals surface area contributed by atoms with Gasteiger partial charge in [-0.2, -0.15) is 13.2 Å². The number of amides is 1. The summed E-state index contributed by atoms with van der Waals surface area (Å²) in [7, 11) is 0. The van der Waals surface area contributed by atoms with Gasteiger partial charge in [0, 0.05) is 24.1 Å². The quantitative estimate of drug-likeness (QED) is 0.905. The number of alkyl halides is 3. The Morgan fingerprint density at radius 3 is 2.13 bits per heavy atom. The second kappa shape index (κ2) is 6.64. The summed E-state index contributed by atoms with van der Waals surface area (Å²) in [5.41, 5.74) is -0.0151. The Balaban J connectivity index is 2.05. The third-order valence-electron chi connectivity index (χ3n) is 2.80. The van der Waals surface area contributed by atoms with Crippen LogP contribution in [-0.4, -0.2) is 21.9 Å². The third-order valence-corrected chi connectivity index (χ3v) is 2.80. The van der Waals surface area contributed by atoms with Gasteiger partial charge in [0.05, 0.1) is 11.1 Å². The van der Waals surface area contributed by atoms with E-state index in [1.165, 1.54) is 24.5 Å². The maximum Gasteiger partial charge on any atom is 0.416 e. The molecule has 0 radical (unpaired) electrons. The number of hydrogen-bond acceptors (Lipinski definition) is 4. The monoisotopic (exact) mass is 324 g/mol. The van der Waals surface area contributed by atoms with E-state index in [4.69, 9.17) is 0 Å². The maximum atomic E-state index is 12.5. The van der Waals surface area contributed by atoms with Crippen LogP contribution in [0.4, 0.5) is 24.8 Å². The molecule has 0 saturated carbocycles. The molecule has 0 aliphatic carbocycles. The zero-order chi connectivity index (χ0) is 17.0. The molecule has 0 aliphatic rings. The highest BCUT2D eigenvalue weighted by Gasteiger charge is 2.29. The zero-order valence-corrected chi connectivity index (χ0v) is 12.5. The number of halogens is 3. The number of rotatable bonds is 4. The molecule has 0 saturated heterocycles. The number of benzene rings is 1. The molecule has 23 heavy (non-hydrogen) atoms. The number of carbonyl (C=O) groups is 1. The highest BCUT2D eigenvalue weighted by atomic mass is 19.4. The van der Waals surface area contributed by atoms with Crippen molar-refractivity contribution >= 4 is 17.5 Å². The fourth-order valence-electron chi connectivity index (χ4n) is 1.73. The predicted molar refractivity (Wildman–Crippen MR) is 79.4 cm³/mol. The SMILES string of the molecule is CC(C)NC(=O)c1cnc(Nc2ccc(C(F)(F)F)cc2)nc1. The molecule has 2 aromatic rings. The van der Waals surface area contributed by atoms with E-state index in [1.54, 1.807) is 0 Å². The van der Waals surface area contributed by atoms with Crippen LogP contribution in [0.15, 0.2) is 36.7 Å². The summed E-state index contributed by atoms with van der Waals surface area (Å²) in [6.07, 6.45) is -1.69. The van der Waals surface area contributed by atoms with Crippen LogP contribution in [0, 0.1) is 0 Å². The van der Waals surface area contributed by atoms with Gasteiger partial charge < -0.3 is 10.6 Å². The number of anilines is 2. The minimum Gasteiger partial charge on any atom is -0.350 e. The Labute approximate surface area is 131 Å². The van der Waals surface area contributed by atoms with Gasteiger partial charge in [0.15, 0.2) is 0 Å². The predicted octanol–water partition coefficient (Wildman–Crippen LogP) is 3.38. The van der Waals surface area contributed by atoms with Gasteiger partial charge in [-0.05, 0) is 38.1 Å². The molecule has 0 spiro atoms. The van der Waals surface area contributed by atoms with Crippen LogP contribution in [0.2, 0.25) is 0 Å². The average Bonchev–Trinajstić information content (AvgIpc) is 2.47. The molecule has 2 N–H and O–H groups in total. The summed E-state index contributed by atoms with van der Waals surface area (Å²) in [5, 5.41) is 5.47. The standard InChI is InChI=1S/C15H15F3N4O/c1-9(2)21-13(23)10-7-19-14(20-8-10)22-12-5-3-11(4-6-12)15(16,17)18/h3-9H,1-2H3,(H,21,23)(H,19,20,22). The summed E-state index contributed by atoms with van der Waals surface area (Å²) in [4.78, 5) is 19.7. The summed E-state index contributed by atoms with van der Waals surface area (Å²) in [6.45, 7) is 3.67. The molecule has 0 atom stereocenters. The zero-order valence-electron chi connectivity index (χ0n) is 12.5. The van der Waals surface area contributed by atoms with Crippen LogP contribution < -0.4 is 10.6 Å². The van der Waals surface area contributed by atoms with E-state index >= 15 is 0 Å². The first kappa shape index (κ1) is 16.7. The Bertz CT molecular complexity index is 667. The van der Waals surface area contributed by atoms with Gasteiger partial charge in [0.25, 0.3) is 5.91 Å². The van der Waals surface area contributed by atoms with E-state index in [0.29, 0.717) is 11.3 Å². The van der Waals surface area contributed by atoms with Gasteiger partial charge in [-0.25, -0.2) is 9.97 Å². The van der Waals surface area contributed by atoms with Gasteiger partial charge in [-0.3, -0.25) is 4.79 Å². The van der Waals surface area contributed by atoms with Crippen molar-refractivity contribution in [2.75, 3.05) is 5.32 Å². The summed E-state index contributed by atoms with van der Waals surface area (Å²) in [5.74, 6) is -0.105. The Morgan fingerprint density at radius 2 is 1.65 bits per heavy atom. The summed E-state index contributed by atoms with van der Waals surface area (Å²) in [6, 6.07) is 4.49. The number of aromatic nitrogens is 2. The van der Waals surface area contributed by atoms with Gasteiger partial charge in [0.2, 0.25) is 5.95 Å². The maximum absolute atomic E-state index is 12.5. The molecule has 2 rings (SSSR count). The fourth-order valence-corrected chi connectivity index (χ4v) is 1.73. The number of hydrogen-bond donors (Lipinski definition) is 2. The molecule has 8 heteroatoms. The Kier molecular flexibility index (Phi) is 4.83. The minimum absolute atomic E-state index is 0.00699. The van der Waals surface area contributed by atoms with E-state index in [1.807, 2.05) is 13.8 Å². The molecule has 0 unspecified atom stereocenters. The molecule has 1 aromatic heterocycles. The first-order valence-electron chi connectivity index (χ1n) is 6.83. The lowest BCUT2D eigenvalue weighted by Gasteiger charge is -2.09. The van der Waals surface area contributed by atoms with E-state index in [2.05, 4.69) is 20.6 Å². The number of nitrogens with zero attached hydrogens (tertiary/aromatic N) is 2. The van der Waals surface area contributed by atoms with Crippen molar-refractivity contribution in [1.29, 1.82) is 0 Å². The van der Waals surface area contributed by atoms with Gasteiger partial charge in [-0.15, -0.1) is 0 Å². The van der Waals surface area contributed by atoms with Gasteiger partial charge in [0.1, 0.15) is 0 Å². The van der Waals surface area contributed by atoms with Crippen LogP contribution in [0.5, 0.6) is 0 Å². The molecule has 1 heterocycles. The normalized spacial score (nSPS) is 11.4. The van der Waals surface area contributed by atoms with E-state index in [-0.39, 0.29) is 17.9 Å². The van der Waals surface area contributed by atoms with Crippen molar-refractivity contribution in [2.45, 2.75) is 26.1 Å². The van der Waals surface area contributed by atoms with Gasteiger partial charge in [-0.1, -0.05) is 0 Å². The second-order valence-electron chi connectivity index (χ2n) is 5.12. The van der Waals surface area contributed by atoms with E-state index in [9.17, 15) is 18.0 Å². The molecular weight excluding hydrogens is 309 g/mol.